The first-order valence-electron chi connectivity index (χ1n) is 4.57. The fraction of sp³-hybridized carbons (Fsp3) is 0.667. The van der Waals surface area contributed by atoms with E-state index in [9.17, 15) is 14.4 Å². The molecule has 15 heavy (non-hydrogen) atoms. The second-order valence-electron chi connectivity index (χ2n) is 3.45. The molecule has 0 spiro atoms. The molecule has 0 radical (unpaired) electrons. The summed E-state index contributed by atoms with van der Waals surface area (Å²) in [5, 5.41) is 17.0. The molecule has 0 aliphatic carbocycles. The number of amides is 1. The number of nitrogens with zero attached hydrogens (tertiary/aromatic N) is 1. The van der Waals surface area contributed by atoms with Crippen molar-refractivity contribution in [1.82, 2.24) is 4.90 Å². The summed E-state index contributed by atoms with van der Waals surface area (Å²) in [5.74, 6) is -2.88. The normalized spacial score (nSPS) is 10.1. The van der Waals surface area contributed by atoms with Crippen LogP contribution >= 0.6 is 0 Å². The monoisotopic (exact) mass is 217 g/mol. The summed E-state index contributed by atoms with van der Waals surface area (Å²) >= 11 is 0. The highest BCUT2D eigenvalue weighted by molar-refractivity contribution is 5.83. The first-order chi connectivity index (χ1) is 6.84. The number of hydrogen-bond acceptors (Lipinski definition) is 3. The van der Waals surface area contributed by atoms with Crippen LogP contribution in [-0.2, 0) is 14.4 Å². The van der Waals surface area contributed by atoms with Crippen LogP contribution in [0.2, 0.25) is 0 Å². The van der Waals surface area contributed by atoms with Crippen molar-refractivity contribution in [2.24, 2.45) is 5.92 Å². The summed E-state index contributed by atoms with van der Waals surface area (Å²) in [6.45, 7) is 2.75. The van der Waals surface area contributed by atoms with Gasteiger partial charge in [-0.3, -0.25) is 14.4 Å². The molecule has 0 bridgehead atoms. The highest BCUT2D eigenvalue weighted by Gasteiger charge is 2.19. The maximum absolute atomic E-state index is 11.5. The zero-order valence-electron chi connectivity index (χ0n) is 8.77. The predicted molar refractivity (Wildman–Crippen MR) is 51.3 cm³/mol. The Balaban J connectivity index is 4.36. The summed E-state index contributed by atoms with van der Waals surface area (Å²) in [6.07, 6.45) is -0.244. The molecule has 0 unspecified atom stereocenters. The van der Waals surface area contributed by atoms with Crippen LogP contribution in [-0.4, -0.2) is 46.0 Å². The van der Waals surface area contributed by atoms with Crippen LogP contribution in [0.1, 0.15) is 20.3 Å². The first-order valence-corrected chi connectivity index (χ1v) is 4.57. The van der Waals surface area contributed by atoms with E-state index in [-0.39, 0.29) is 24.8 Å². The van der Waals surface area contributed by atoms with Gasteiger partial charge in [0.25, 0.3) is 0 Å². The average Bonchev–Trinajstić information content (AvgIpc) is 2.10. The lowest BCUT2D eigenvalue weighted by Gasteiger charge is -2.21. The van der Waals surface area contributed by atoms with Gasteiger partial charge >= 0.3 is 11.9 Å². The van der Waals surface area contributed by atoms with Gasteiger partial charge in [0.2, 0.25) is 5.91 Å². The highest BCUT2D eigenvalue weighted by Crippen LogP contribution is 2.02. The zero-order chi connectivity index (χ0) is 12.0. The summed E-state index contributed by atoms with van der Waals surface area (Å²) in [7, 11) is 0. The Kier molecular flexibility index (Phi) is 5.36. The molecule has 0 aliphatic heterocycles. The van der Waals surface area contributed by atoms with Crippen LogP contribution in [0.3, 0.4) is 0 Å². The minimum Gasteiger partial charge on any atom is -0.481 e. The van der Waals surface area contributed by atoms with Gasteiger partial charge in [0.1, 0.15) is 6.54 Å². The van der Waals surface area contributed by atoms with Gasteiger partial charge in [-0.15, -0.1) is 0 Å². The third-order valence-electron chi connectivity index (χ3n) is 1.73. The Morgan fingerprint density at radius 3 is 2.00 bits per heavy atom. The van der Waals surface area contributed by atoms with Gasteiger partial charge in [-0.05, 0) is 0 Å². The Morgan fingerprint density at radius 2 is 1.67 bits per heavy atom. The standard InChI is InChI=1S/C9H15NO5/c1-6(2)9(15)10(5-8(13)14)4-3-7(11)12/h6H,3-5H2,1-2H3,(H,11,12)(H,13,14). The second kappa shape index (κ2) is 6.00. The van der Waals surface area contributed by atoms with E-state index >= 15 is 0 Å². The Morgan fingerprint density at radius 1 is 1.13 bits per heavy atom. The Hall–Kier alpha value is -1.59. The SMILES string of the molecule is CC(C)C(=O)N(CCC(=O)O)CC(=O)O. The van der Waals surface area contributed by atoms with Gasteiger partial charge < -0.3 is 15.1 Å². The summed E-state index contributed by atoms with van der Waals surface area (Å²) < 4.78 is 0. The lowest BCUT2D eigenvalue weighted by atomic mass is 10.2. The van der Waals surface area contributed by atoms with Crippen LogP contribution < -0.4 is 0 Å². The van der Waals surface area contributed by atoms with Crippen molar-refractivity contribution in [1.29, 1.82) is 0 Å². The van der Waals surface area contributed by atoms with Crippen molar-refractivity contribution in [2.75, 3.05) is 13.1 Å². The molecule has 1 amide bonds. The quantitative estimate of drug-likeness (QED) is 0.654. The molecule has 0 rings (SSSR count). The van der Waals surface area contributed by atoms with Crippen LogP contribution in [0.25, 0.3) is 0 Å². The van der Waals surface area contributed by atoms with Crippen molar-refractivity contribution in [3.63, 3.8) is 0 Å². The van der Waals surface area contributed by atoms with Gasteiger partial charge in [0, 0.05) is 12.5 Å². The summed E-state index contributed by atoms with van der Waals surface area (Å²) in [6, 6.07) is 0. The summed E-state index contributed by atoms with van der Waals surface area (Å²) in [5.41, 5.74) is 0. The smallest absolute Gasteiger partial charge is 0.323 e. The van der Waals surface area contributed by atoms with Gasteiger partial charge in [0.05, 0.1) is 6.42 Å². The number of aliphatic carboxylic acids is 2. The van der Waals surface area contributed by atoms with Crippen molar-refractivity contribution < 1.29 is 24.6 Å². The van der Waals surface area contributed by atoms with Crippen LogP contribution in [0.5, 0.6) is 0 Å². The van der Waals surface area contributed by atoms with Gasteiger partial charge in [-0.2, -0.15) is 0 Å². The lowest BCUT2D eigenvalue weighted by molar-refractivity contribution is -0.147. The number of carboxylic acid groups (broad SMARTS) is 2. The molecular weight excluding hydrogens is 202 g/mol. The molecule has 6 nitrogen and oxygen atoms in total. The molecule has 0 atom stereocenters. The third-order valence-corrected chi connectivity index (χ3v) is 1.73. The number of hydrogen-bond donors (Lipinski definition) is 2. The molecule has 2 N–H and O–H groups in total. The minimum atomic E-state index is -1.14. The molecule has 86 valence electrons. The topological polar surface area (TPSA) is 94.9 Å². The average molecular weight is 217 g/mol. The molecule has 0 heterocycles. The van der Waals surface area contributed by atoms with E-state index in [2.05, 4.69) is 0 Å². The number of carbonyl (C=O) groups excluding carboxylic acids is 1. The molecule has 0 aliphatic rings. The molecule has 6 heteroatoms. The van der Waals surface area contributed by atoms with Crippen LogP contribution in [0.15, 0.2) is 0 Å². The molecule has 0 saturated heterocycles. The number of carbonyl (C=O) groups is 3. The van der Waals surface area contributed by atoms with E-state index < -0.39 is 18.5 Å². The van der Waals surface area contributed by atoms with E-state index in [1.165, 1.54) is 0 Å². The van der Waals surface area contributed by atoms with E-state index in [0.29, 0.717) is 0 Å². The lowest BCUT2D eigenvalue weighted by Crippen LogP contribution is -2.39. The molecular formula is C9H15NO5. The Labute approximate surface area is 87.5 Å². The van der Waals surface area contributed by atoms with Gasteiger partial charge in [-0.1, -0.05) is 13.8 Å². The largest absolute Gasteiger partial charge is 0.481 e. The highest BCUT2D eigenvalue weighted by atomic mass is 16.4. The maximum Gasteiger partial charge on any atom is 0.323 e. The van der Waals surface area contributed by atoms with E-state index in [4.69, 9.17) is 10.2 Å². The molecule has 0 saturated carbocycles. The zero-order valence-corrected chi connectivity index (χ0v) is 8.77. The van der Waals surface area contributed by atoms with Gasteiger partial charge in [-0.25, -0.2) is 0 Å². The van der Waals surface area contributed by atoms with Crippen LogP contribution in [0, 0.1) is 5.92 Å². The van der Waals surface area contributed by atoms with Crippen molar-refractivity contribution in [3.8, 4) is 0 Å². The first kappa shape index (κ1) is 13.4. The molecule has 0 aromatic carbocycles. The fourth-order valence-electron chi connectivity index (χ4n) is 1.03. The third kappa shape index (κ3) is 5.66. The van der Waals surface area contributed by atoms with Crippen molar-refractivity contribution in [3.05, 3.63) is 0 Å². The molecule has 0 aromatic heterocycles. The van der Waals surface area contributed by atoms with E-state index in [1.54, 1.807) is 13.8 Å². The number of carboxylic acids is 2. The summed E-state index contributed by atoms with van der Waals surface area (Å²) in [4.78, 5) is 33.2. The fourth-order valence-corrected chi connectivity index (χ4v) is 1.03. The molecule has 0 fully saturated rings. The van der Waals surface area contributed by atoms with E-state index in [1.807, 2.05) is 0 Å². The Bertz CT molecular complexity index is 261. The van der Waals surface area contributed by atoms with E-state index in [0.717, 1.165) is 4.90 Å². The van der Waals surface area contributed by atoms with Crippen LogP contribution in [0.4, 0.5) is 0 Å². The minimum absolute atomic E-state index is 0.0708. The van der Waals surface area contributed by atoms with Crippen molar-refractivity contribution in [2.45, 2.75) is 20.3 Å². The second-order valence-corrected chi connectivity index (χ2v) is 3.45. The van der Waals surface area contributed by atoms with Crippen molar-refractivity contribution >= 4 is 17.8 Å². The maximum atomic E-state index is 11.5. The van der Waals surface area contributed by atoms with Gasteiger partial charge in [0.15, 0.2) is 0 Å². The predicted octanol–water partition coefficient (Wildman–Crippen LogP) is 0.0303. The number of rotatable bonds is 6. The molecule has 0 aromatic rings.